The van der Waals surface area contributed by atoms with E-state index in [4.69, 9.17) is 5.11 Å². The van der Waals surface area contributed by atoms with E-state index in [1.165, 1.54) is 77.0 Å². The maximum Gasteiger partial charge on any atom is 0.0431 e. The Morgan fingerprint density at radius 2 is 1.17 bits per heavy atom. The van der Waals surface area contributed by atoms with Crippen molar-refractivity contribution in [2.24, 2.45) is 5.92 Å². The van der Waals surface area contributed by atoms with Crippen molar-refractivity contribution in [3.8, 4) is 0 Å². The molecule has 0 aliphatic heterocycles. The van der Waals surface area contributed by atoms with Crippen LogP contribution in [0.4, 0.5) is 0 Å². The van der Waals surface area contributed by atoms with Gasteiger partial charge < -0.3 is 5.11 Å². The zero-order valence-electron chi connectivity index (χ0n) is 12.9. The summed E-state index contributed by atoms with van der Waals surface area (Å²) in [5.74, 6) is 0.958. The van der Waals surface area contributed by atoms with Crippen LogP contribution in [-0.4, -0.2) is 11.7 Å². The van der Waals surface area contributed by atoms with Gasteiger partial charge in [0.05, 0.1) is 0 Å². The molecule has 0 saturated heterocycles. The first kappa shape index (κ1) is 18.0. The summed E-state index contributed by atoms with van der Waals surface area (Å²) in [6.45, 7) is 4.96. The van der Waals surface area contributed by atoms with Crippen LogP contribution in [0.3, 0.4) is 0 Å². The molecule has 1 atom stereocenters. The average molecular weight is 256 g/mol. The highest BCUT2D eigenvalue weighted by atomic mass is 16.2. The van der Waals surface area contributed by atoms with Crippen LogP contribution in [0.5, 0.6) is 0 Å². The molecule has 110 valence electrons. The Hall–Kier alpha value is -0.0400. The van der Waals surface area contributed by atoms with Gasteiger partial charge in [0.2, 0.25) is 0 Å². The summed E-state index contributed by atoms with van der Waals surface area (Å²) in [6, 6.07) is 0. The highest BCUT2D eigenvalue weighted by Gasteiger charge is 2.07. The fourth-order valence-electron chi connectivity index (χ4n) is 2.78. The highest BCUT2D eigenvalue weighted by molar-refractivity contribution is 4.60. The Bertz CT molecular complexity index is 145. The maximum atomic E-state index is 8.78. The van der Waals surface area contributed by atoms with Crippen molar-refractivity contribution in [1.29, 1.82) is 0 Å². The van der Waals surface area contributed by atoms with Crippen LogP contribution in [0.15, 0.2) is 0 Å². The second kappa shape index (κ2) is 15.0. The molecular weight excluding hydrogens is 220 g/mol. The van der Waals surface area contributed by atoms with Gasteiger partial charge in [-0.15, -0.1) is 0 Å². The van der Waals surface area contributed by atoms with Crippen molar-refractivity contribution in [3.05, 3.63) is 0 Å². The minimum atomic E-state index is 0.371. The van der Waals surface area contributed by atoms with Gasteiger partial charge >= 0.3 is 0 Å². The lowest BCUT2D eigenvalue weighted by molar-refractivity contribution is 0.278. The summed E-state index contributed by atoms with van der Waals surface area (Å²) in [6.07, 6.45) is 17.6. The van der Waals surface area contributed by atoms with Crippen LogP contribution in [0.1, 0.15) is 97.3 Å². The largest absolute Gasteiger partial charge is 0.396 e. The smallest absolute Gasteiger partial charge is 0.0431 e. The molecule has 1 N–H and O–H groups in total. The van der Waals surface area contributed by atoms with E-state index in [0.717, 1.165) is 12.3 Å². The summed E-state index contributed by atoms with van der Waals surface area (Å²) >= 11 is 0. The van der Waals surface area contributed by atoms with Crippen LogP contribution in [0, 0.1) is 5.92 Å². The fourth-order valence-corrected chi connectivity index (χ4v) is 2.78. The number of hydrogen-bond acceptors (Lipinski definition) is 1. The van der Waals surface area contributed by atoms with E-state index in [-0.39, 0.29) is 0 Å². The molecule has 0 aliphatic carbocycles. The molecular formula is C17H36O. The Morgan fingerprint density at radius 1 is 0.611 bits per heavy atom. The number of rotatable bonds is 14. The molecule has 0 aromatic heterocycles. The molecule has 0 aromatic rings. The van der Waals surface area contributed by atoms with Crippen molar-refractivity contribution >= 4 is 0 Å². The van der Waals surface area contributed by atoms with Gasteiger partial charge in [0, 0.05) is 6.61 Å². The van der Waals surface area contributed by atoms with Crippen LogP contribution >= 0.6 is 0 Å². The number of aliphatic hydroxyl groups excluding tert-OH is 1. The Labute approximate surface area is 115 Å². The summed E-state index contributed by atoms with van der Waals surface area (Å²) in [4.78, 5) is 0. The quantitative estimate of drug-likeness (QED) is 0.395. The van der Waals surface area contributed by atoms with E-state index < -0.39 is 0 Å². The second-order valence-electron chi connectivity index (χ2n) is 5.78. The van der Waals surface area contributed by atoms with Crippen LogP contribution in [0.2, 0.25) is 0 Å². The van der Waals surface area contributed by atoms with Crippen molar-refractivity contribution in [2.75, 3.05) is 6.61 Å². The lowest BCUT2D eigenvalue weighted by Crippen LogP contribution is -2.01. The minimum Gasteiger partial charge on any atom is -0.396 e. The lowest BCUT2D eigenvalue weighted by atomic mass is 9.91. The molecule has 0 bridgehead atoms. The van der Waals surface area contributed by atoms with Crippen molar-refractivity contribution in [1.82, 2.24) is 0 Å². The molecule has 0 heterocycles. The second-order valence-corrected chi connectivity index (χ2v) is 5.78. The number of aliphatic hydroxyl groups is 1. The Kier molecular flexibility index (Phi) is 15.0. The van der Waals surface area contributed by atoms with Gasteiger partial charge in [0.25, 0.3) is 0 Å². The van der Waals surface area contributed by atoms with E-state index in [1.807, 2.05) is 0 Å². The number of hydrogen-bond donors (Lipinski definition) is 1. The molecule has 0 aromatic carbocycles. The highest BCUT2D eigenvalue weighted by Crippen LogP contribution is 2.22. The van der Waals surface area contributed by atoms with Gasteiger partial charge in [-0.2, -0.15) is 0 Å². The van der Waals surface area contributed by atoms with Crippen LogP contribution < -0.4 is 0 Å². The van der Waals surface area contributed by atoms with E-state index in [0.29, 0.717) is 6.61 Å². The average Bonchev–Trinajstić information content (AvgIpc) is 2.38. The summed E-state index contributed by atoms with van der Waals surface area (Å²) in [7, 11) is 0. The van der Waals surface area contributed by atoms with Crippen LogP contribution in [0.25, 0.3) is 0 Å². The van der Waals surface area contributed by atoms with Gasteiger partial charge in [-0.1, -0.05) is 90.9 Å². The molecule has 1 heteroatoms. The third-order valence-electron chi connectivity index (χ3n) is 3.93. The predicted octanol–water partition coefficient (Wildman–Crippen LogP) is 5.71. The van der Waals surface area contributed by atoms with Crippen molar-refractivity contribution < 1.29 is 5.11 Å². The first-order valence-corrected chi connectivity index (χ1v) is 8.46. The Morgan fingerprint density at radius 3 is 1.72 bits per heavy atom. The molecule has 0 amide bonds. The molecule has 18 heavy (non-hydrogen) atoms. The normalized spacial score (nSPS) is 12.8. The van der Waals surface area contributed by atoms with Crippen LogP contribution in [-0.2, 0) is 0 Å². The molecule has 0 aliphatic rings. The lowest BCUT2D eigenvalue weighted by Gasteiger charge is -2.15. The Balaban J connectivity index is 3.44. The van der Waals surface area contributed by atoms with E-state index in [9.17, 15) is 0 Å². The zero-order valence-corrected chi connectivity index (χ0v) is 12.9. The van der Waals surface area contributed by atoms with Gasteiger partial charge in [-0.25, -0.2) is 0 Å². The first-order valence-electron chi connectivity index (χ1n) is 8.46. The zero-order chi connectivity index (χ0) is 13.5. The summed E-state index contributed by atoms with van der Waals surface area (Å²) in [5, 5.41) is 8.78. The molecule has 0 fully saturated rings. The van der Waals surface area contributed by atoms with Gasteiger partial charge in [0.15, 0.2) is 0 Å². The van der Waals surface area contributed by atoms with Gasteiger partial charge in [-0.05, 0) is 12.3 Å². The van der Waals surface area contributed by atoms with Crippen molar-refractivity contribution in [3.63, 3.8) is 0 Å². The fraction of sp³-hybridized carbons (Fsp3) is 1.00. The molecule has 0 saturated carbocycles. The number of unbranched alkanes of at least 4 members (excludes halogenated alkanes) is 7. The topological polar surface area (TPSA) is 20.2 Å². The molecule has 0 spiro atoms. The first-order chi connectivity index (χ1) is 8.85. The molecule has 1 unspecified atom stereocenters. The van der Waals surface area contributed by atoms with Gasteiger partial charge in [-0.3, -0.25) is 0 Å². The molecule has 0 radical (unpaired) electrons. The standard InChI is InChI=1S/C17H36O/c1-3-5-6-7-8-10-14-17(13-4-2)15-11-9-12-16-18/h17-18H,3-16H2,1-2H3. The van der Waals surface area contributed by atoms with E-state index >= 15 is 0 Å². The minimum absolute atomic E-state index is 0.371. The molecule has 1 nitrogen and oxygen atoms in total. The summed E-state index contributed by atoms with van der Waals surface area (Å²) in [5.41, 5.74) is 0. The molecule has 0 rings (SSSR count). The third kappa shape index (κ3) is 12.4. The van der Waals surface area contributed by atoms with Crippen molar-refractivity contribution in [2.45, 2.75) is 97.3 Å². The van der Waals surface area contributed by atoms with E-state index in [1.54, 1.807) is 0 Å². The third-order valence-corrected chi connectivity index (χ3v) is 3.93. The van der Waals surface area contributed by atoms with E-state index in [2.05, 4.69) is 13.8 Å². The maximum absolute atomic E-state index is 8.78. The predicted molar refractivity (Wildman–Crippen MR) is 81.9 cm³/mol. The van der Waals surface area contributed by atoms with Gasteiger partial charge in [0.1, 0.15) is 0 Å². The monoisotopic (exact) mass is 256 g/mol. The SMILES string of the molecule is CCCCCCCCC(CCC)CCCCCO. The summed E-state index contributed by atoms with van der Waals surface area (Å²) < 4.78 is 0.